The first-order valence-electron chi connectivity index (χ1n) is 2.78. The summed E-state index contributed by atoms with van der Waals surface area (Å²) < 4.78 is 4.47. The third-order valence-electron chi connectivity index (χ3n) is 0.913. The van der Waals surface area contributed by atoms with E-state index in [0.717, 1.165) is 0 Å². The average Bonchev–Trinajstić information content (AvgIpc) is 1.88. The monoisotopic (exact) mass is 144 g/mol. The summed E-state index contributed by atoms with van der Waals surface area (Å²) in [5.41, 5.74) is 0. The van der Waals surface area contributed by atoms with Crippen molar-refractivity contribution in [2.24, 2.45) is 0 Å². The van der Waals surface area contributed by atoms with Gasteiger partial charge in [-0.05, 0) is 5.75 Å². The van der Waals surface area contributed by atoms with Crippen molar-refractivity contribution in [3.05, 3.63) is 30.3 Å². The maximum atomic E-state index is 8.32. The number of para-hydroxylation sites is 1. The van der Waals surface area contributed by atoms with Gasteiger partial charge in [-0.15, -0.1) is 12.1 Å². The minimum Gasteiger partial charge on any atom is -0.534 e. The molecule has 0 amide bonds. The van der Waals surface area contributed by atoms with Crippen molar-refractivity contribution in [2.75, 3.05) is 0 Å². The predicted molar refractivity (Wildman–Crippen MR) is 36.1 cm³/mol. The molecular formula is C6H6BLiO3. The second-order valence-electron chi connectivity index (χ2n) is 1.67. The number of hydrogen-bond acceptors (Lipinski definition) is 3. The van der Waals surface area contributed by atoms with E-state index in [1.807, 2.05) is 0 Å². The predicted octanol–water partition coefficient (Wildman–Crippen LogP) is -3.16. The van der Waals surface area contributed by atoms with Gasteiger partial charge in [-0.25, -0.2) is 0 Å². The Balaban J connectivity index is 0.000001000. The first kappa shape index (κ1) is 10.6. The molecule has 0 atom stereocenters. The van der Waals surface area contributed by atoms with E-state index in [0.29, 0.717) is 5.75 Å². The fraction of sp³-hybridized carbons (Fsp3) is 0. The summed E-state index contributed by atoms with van der Waals surface area (Å²) >= 11 is 0. The van der Waals surface area contributed by atoms with E-state index in [1.165, 1.54) is 0 Å². The van der Waals surface area contributed by atoms with Crippen LogP contribution in [-0.2, 0) is 0 Å². The molecular weight excluding hydrogens is 138 g/mol. The number of hydrogen-bond donors (Lipinski definition) is 2. The molecule has 5 heteroatoms. The topological polar surface area (TPSA) is 49.7 Å². The van der Waals surface area contributed by atoms with Gasteiger partial charge in [0.2, 0.25) is 0 Å². The zero-order valence-electron chi connectivity index (χ0n) is 6.19. The van der Waals surface area contributed by atoms with Gasteiger partial charge in [0.1, 0.15) is 0 Å². The van der Waals surface area contributed by atoms with Crippen molar-refractivity contribution in [3.63, 3.8) is 0 Å². The maximum absolute atomic E-state index is 8.32. The summed E-state index contributed by atoms with van der Waals surface area (Å²) in [6.07, 6.45) is 0. The second kappa shape index (κ2) is 5.28. The molecule has 0 bridgehead atoms. The molecule has 0 radical (unpaired) electrons. The molecule has 0 aliphatic heterocycles. The summed E-state index contributed by atoms with van der Waals surface area (Å²) in [6.45, 7) is 0. The quantitative estimate of drug-likeness (QED) is 0.340. The molecule has 1 rings (SSSR count). The van der Waals surface area contributed by atoms with Crippen LogP contribution in [0.5, 0.6) is 5.75 Å². The van der Waals surface area contributed by atoms with Crippen molar-refractivity contribution >= 4 is 7.32 Å². The van der Waals surface area contributed by atoms with Gasteiger partial charge in [-0.3, -0.25) is 0 Å². The van der Waals surface area contributed by atoms with E-state index in [-0.39, 0.29) is 18.9 Å². The molecule has 0 spiro atoms. The van der Waals surface area contributed by atoms with Crippen molar-refractivity contribution in [1.29, 1.82) is 0 Å². The summed E-state index contributed by atoms with van der Waals surface area (Å²) in [5, 5.41) is 16.6. The molecule has 0 aliphatic carbocycles. The fourth-order valence-electron chi connectivity index (χ4n) is 0.564. The molecule has 0 aliphatic rings. The molecule has 0 saturated carbocycles. The van der Waals surface area contributed by atoms with Gasteiger partial charge in [-0.1, -0.05) is 0 Å². The van der Waals surface area contributed by atoms with Crippen LogP contribution in [0.1, 0.15) is 0 Å². The summed E-state index contributed by atoms with van der Waals surface area (Å²) in [5.74, 6) is 0.317. The first-order valence-corrected chi connectivity index (χ1v) is 2.78. The van der Waals surface area contributed by atoms with E-state index in [4.69, 9.17) is 10.0 Å². The molecule has 1 aromatic rings. The average molecular weight is 144 g/mol. The van der Waals surface area contributed by atoms with Crippen molar-refractivity contribution in [2.45, 2.75) is 0 Å². The standard InChI is InChI=1S/C6H6BO3.Li/c8-7(9)10-6-4-2-1-3-5-6;/h1-4,8-9H;/q-1;+1. The number of benzene rings is 1. The Kier molecular flexibility index (Phi) is 5.09. The SMILES string of the molecule is OB(O)Oc1[c-]cccc1.[Li+]. The van der Waals surface area contributed by atoms with Gasteiger partial charge < -0.3 is 14.7 Å². The van der Waals surface area contributed by atoms with Crippen LogP contribution in [0.25, 0.3) is 0 Å². The number of rotatable bonds is 2. The van der Waals surface area contributed by atoms with Crippen LogP contribution in [0, 0.1) is 6.07 Å². The van der Waals surface area contributed by atoms with E-state index >= 15 is 0 Å². The van der Waals surface area contributed by atoms with Crippen LogP contribution < -0.4 is 23.5 Å². The van der Waals surface area contributed by atoms with Crippen molar-refractivity contribution < 1.29 is 33.6 Å². The zero-order chi connectivity index (χ0) is 7.40. The normalized spacial score (nSPS) is 8.18. The summed E-state index contributed by atoms with van der Waals surface area (Å²) in [4.78, 5) is 0. The Morgan fingerprint density at radius 2 is 2.09 bits per heavy atom. The smallest absolute Gasteiger partial charge is 0.534 e. The molecule has 1 aromatic carbocycles. The van der Waals surface area contributed by atoms with Gasteiger partial charge in [0.05, 0.1) is 0 Å². The Morgan fingerprint density at radius 3 is 2.55 bits per heavy atom. The largest absolute Gasteiger partial charge is 1.00 e. The molecule has 0 heterocycles. The van der Waals surface area contributed by atoms with Crippen LogP contribution in [-0.4, -0.2) is 17.4 Å². The molecule has 0 unspecified atom stereocenters. The molecule has 0 saturated heterocycles. The van der Waals surface area contributed by atoms with E-state index in [1.54, 1.807) is 24.3 Å². The van der Waals surface area contributed by atoms with E-state index < -0.39 is 7.32 Å². The van der Waals surface area contributed by atoms with Crippen LogP contribution in [0.3, 0.4) is 0 Å². The Bertz CT molecular complexity index is 192. The minimum absolute atomic E-state index is 0. The Morgan fingerprint density at radius 1 is 1.36 bits per heavy atom. The molecule has 52 valence electrons. The van der Waals surface area contributed by atoms with Crippen LogP contribution >= 0.6 is 0 Å². The van der Waals surface area contributed by atoms with Gasteiger partial charge in [0.15, 0.2) is 0 Å². The minimum atomic E-state index is -1.77. The Hall–Kier alpha value is -0.398. The van der Waals surface area contributed by atoms with E-state index in [9.17, 15) is 0 Å². The second-order valence-corrected chi connectivity index (χ2v) is 1.67. The maximum Gasteiger partial charge on any atom is 1.00 e. The van der Waals surface area contributed by atoms with Gasteiger partial charge in [0.25, 0.3) is 0 Å². The Labute approximate surface area is 77.4 Å². The van der Waals surface area contributed by atoms with Crippen LogP contribution in [0.15, 0.2) is 24.3 Å². The van der Waals surface area contributed by atoms with Gasteiger partial charge >= 0.3 is 26.2 Å². The first-order chi connectivity index (χ1) is 4.79. The molecule has 11 heavy (non-hydrogen) atoms. The summed E-state index contributed by atoms with van der Waals surface area (Å²) in [6, 6.07) is 9.34. The molecule has 0 aromatic heterocycles. The van der Waals surface area contributed by atoms with Crippen molar-refractivity contribution in [3.8, 4) is 5.75 Å². The third-order valence-corrected chi connectivity index (χ3v) is 0.913. The van der Waals surface area contributed by atoms with Crippen LogP contribution in [0.2, 0.25) is 0 Å². The van der Waals surface area contributed by atoms with Gasteiger partial charge in [-0.2, -0.15) is 18.2 Å². The van der Waals surface area contributed by atoms with Crippen LogP contribution in [0.4, 0.5) is 0 Å². The fourth-order valence-corrected chi connectivity index (χ4v) is 0.564. The van der Waals surface area contributed by atoms with Crippen molar-refractivity contribution in [1.82, 2.24) is 0 Å². The summed E-state index contributed by atoms with van der Waals surface area (Å²) in [7, 11) is -1.77. The molecule has 0 fully saturated rings. The zero-order valence-corrected chi connectivity index (χ0v) is 6.19. The van der Waals surface area contributed by atoms with E-state index in [2.05, 4.69) is 10.7 Å². The van der Waals surface area contributed by atoms with Gasteiger partial charge in [0, 0.05) is 0 Å². The molecule has 3 nitrogen and oxygen atoms in total. The third kappa shape index (κ3) is 4.12. The molecule has 2 N–H and O–H groups in total.